The molecule has 0 unspecified atom stereocenters. The van der Waals surface area contributed by atoms with Gasteiger partial charge in [0.1, 0.15) is 17.3 Å². The zero-order valence-corrected chi connectivity index (χ0v) is 15.5. The molecule has 3 rings (SSSR count). The average Bonchev–Trinajstić information content (AvgIpc) is 2.65. The number of pyridine rings is 1. The molecule has 0 saturated carbocycles. The number of amides is 1. The Labute approximate surface area is 159 Å². The predicted octanol–water partition coefficient (Wildman–Crippen LogP) is 4.97. The molecule has 1 aromatic heterocycles. The maximum Gasteiger partial charge on any atom is 0.259 e. The van der Waals surface area contributed by atoms with E-state index < -0.39 is 0 Å². The maximum atomic E-state index is 12.4. The van der Waals surface area contributed by atoms with Crippen LogP contribution in [0.1, 0.15) is 35.0 Å². The largest absolute Gasteiger partial charge is 0.457 e. The van der Waals surface area contributed by atoms with Gasteiger partial charge in [0, 0.05) is 11.4 Å². The lowest BCUT2D eigenvalue weighted by molar-refractivity contribution is 0.102. The minimum atomic E-state index is -0.290. The first-order chi connectivity index (χ1) is 13.1. The van der Waals surface area contributed by atoms with Crippen LogP contribution in [0.5, 0.6) is 11.5 Å². The maximum absolute atomic E-state index is 12.4. The molecule has 0 saturated heterocycles. The first kappa shape index (κ1) is 18.5. The van der Waals surface area contributed by atoms with Gasteiger partial charge >= 0.3 is 0 Å². The second kappa shape index (κ2) is 8.36. The summed E-state index contributed by atoms with van der Waals surface area (Å²) < 4.78 is 6.00. The van der Waals surface area contributed by atoms with E-state index >= 15 is 0 Å². The van der Waals surface area contributed by atoms with Crippen molar-refractivity contribution >= 4 is 17.4 Å². The summed E-state index contributed by atoms with van der Waals surface area (Å²) in [5, 5.41) is 2.83. The van der Waals surface area contributed by atoms with Gasteiger partial charge in [0.25, 0.3) is 5.91 Å². The standard InChI is InChI=1S/C22H23N3O2/c1-3-6-16-7-4-5-8-20(16)27-18-12-10-17(11-13-18)25-22(26)19-14-9-15(2)24-21(19)23/h4-5,7-14H,3,6H2,1-2H3,(H2,23,24)(H,25,26). The third-order valence-corrected chi connectivity index (χ3v) is 4.14. The van der Waals surface area contributed by atoms with Gasteiger partial charge in [-0.1, -0.05) is 31.5 Å². The number of carbonyl (C=O) groups excluding carboxylic acids is 1. The van der Waals surface area contributed by atoms with Gasteiger partial charge < -0.3 is 15.8 Å². The van der Waals surface area contributed by atoms with Crippen LogP contribution in [0.25, 0.3) is 0 Å². The Morgan fingerprint density at radius 2 is 1.81 bits per heavy atom. The predicted molar refractivity (Wildman–Crippen MR) is 108 cm³/mol. The molecule has 0 fully saturated rings. The highest BCUT2D eigenvalue weighted by atomic mass is 16.5. The van der Waals surface area contributed by atoms with Crippen LogP contribution in [0.4, 0.5) is 11.5 Å². The van der Waals surface area contributed by atoms with Gasteiger partial charge in [0.05, 0.1) is 5.56 Å². The third-order valence-electron chi connectivity index (χ3n) is 4.14. The first-order valence-electron chi connectivity index (χ1n) is 8.97. The van der Waals surface area contributed by atoms with Crippen LogP contribution in [0, 0.1) is 6.92 Å². The summed E-state index contributed by atoms with van der Waals surface area (Å²) in [7, 11) is 0. The fourth-order valence-electron chi connectivity index (χ4n) is 2.78. The van der Waals surface area contributed by atoms with Crippen LogP contribution in [-0.4, -0.2) is 10.9 Å². The number of aryl methyl sites for hydroxylation is 2. The Bertz CT molecular complexity index is 937. The SMILES string of the molecule is CCCc1ccccc1Oc1ccc(NC(=O)c2ccc(C)nc2N)cc1. The molecule has 1 amide bonds. The molecule has 1 heterocycles. The van der Waals surface area contributed by atoms with Crippen molar-refractivity contribution in [2.45, 2.75) is 26.7 Å². The van der Waals surface area contributed by atoms with Gasteiger partial charge in [-0.3, -0.25) is 4.79 Å². The van der Waals surface area contributed by atoms with Crippen LogP contribution in [-0.2, 0) is 6.42 Å². The van der Waals surface area contributed by atoms with E-state index in [1.165, 1.54) is 5.56 Å². The number of nitrogens with zero attached hydrogens (tertiary/aromatic N) is 1. The average molecular weight is 361 g/mol. The van der Waals surface area contributed by atoms with Crippen molar-refractivity contribution in [3.05, 3.63) is 77.5 Å². The minimum Gasteiger partial charge on any atom is -0.457 e. The first-order valence-corrected chi connectivity index (χ1v) is 8.97. The number of para-hydroxylation sites is 1. The van der Waals surface area contributed by atoms with E-state index in [1.807, 2.05) is 37.3 Å². The Hall–Kier alpha value is -3.34. The molecule has 27 heavy (non-hydrogen) atoms. The van der Waals surface area contributed by atoms with Crippen LogP contribution < -0.4 is 15.8 Å². The van der Waals surface area contributed by atoms with E-state index in [0.717, 1.165) is 24.3 Å². The summed E-state index contributed by atoms with van der Waals surface area (Å²) in [5.74, 6) is 1.50. The van der Waals surface area contributed by atoms with Crippen molar-refractivity contribution in [2.24, 2.45) is 0 Å². The van der Waals surface area contributed by atoms with Gasteiger partial charge in [-0.25, -0.2) is 4.98 Å². The molecule has 138 valence electrons. The summed E-state index contributed by atoms with van der Waals surface area (Å²) in [5.41, 5.74) is 8.80. The molecule has 0 atom stereocenters. The minimum absolute atomic E-state index is 0.222. The number of ether oxygens (including phenoxy) is 1. The fourth-order valence-corrected chi connectivity index (χ4v) is 2.78. The highest BCUT2D eigenvalue weighted by Gasteiger charge is 2.11. The van der Waals surface area contributed by atoms with Crippen LogP contribution in [0.15, 0.2) is 60.7 Å². The van der Waals surface area contributed by atoms with Gasteiger partial charge in [-0.15, -0.1) is 0 Å². The zero-order chi connectivity index (χ0) is 19.2. The number of hydrogen-bond donors (Lipinski definition) is 2. The number of benzene rings is 2. The molecule has 0 spiro atoms. The number of nitrogens with one attached hydrogen (secondary N) is 1. The van der Waals surface area contributed by atoms with Gasteiger partial charge in [-0.2, -0.15) is 0 Å². The van der Waals surface area contributed by atoms with E-state index in [2.05, 4.69) is 23.3 Å². The highest BCUT2D eigenvalue weighted by molar-refractivity contribution is 6.07. The lowest BCUT2D eigenvalue weighted by Gasteiger charge is -2.12. The summed E-state index contributed by atoms with van der Waals surface area (Å²) in [4.78, 5) is 16.5. The Balaban J connectivity index is 1.69. The molecule has 5 heteroatoms. The molecule has 3 N–H and O–H groups in total. The lowest BCUT2D eigenvalue weighted by Crippen LogP contribution is -2.15. The van der Waals surface area contributed by atoms with Crippen LogP contribution in [0.3, 0.4) is 0 Å². The van der Waals surface area contributed by atoms with Crippen molar-refractivity contribution < 1.29 is 9.53 Å². The Morgan fingerprint density at radius 1 is 1.07 bits per heavy atom. The van der Waals surface area contributed by atoms with Crippen LogP contribution in [0.2, 0.25) is 0 Å². The summed E-state index contributed by atoms with van der Waals surface area (Å²) in [6, 6.07) is 18.7. The monoisotopic (exact) mass is 361 g/mol. The smallest absolute Gasteiger partial charge is 0.259 e. The lowest BCUT2D eigenvalue weighted by atomic mass is 10.1. The topological polar surface area (TPSA) is 77.2 Å². The molecule has 0 bridgehead atoms. The van der Waals surface area contributed by atoms with E-state index in [9.17, 15) is 4.79 Å². The molecule has 0 aliphatic heterocycles. The second-order valence-electron chi connectivity index (χ2n) is 6.32. The number of aromatic nitrogens is 1. The zero-order valence-electron chi connectivity index (χ0n) is 15.5. The number of anilines is 2. The second-order valence-corrected chi connectivity index (χ2v) is 6.32. The number of hydrogen-bond acceptors (Lipinski definition) is 4. The highest BCUT2D eigenvalue weighted by Crippen LogP contribution is 2.27. The number of nitrogen functional groups attached to an aromatic ring is 1. The molecular weight excluding hydrogens is 338 g/mol. The fraction of sp³-hybridized carbons (Fsp3) is 0.182. The molecule has 0 aliphatic rings. The Morgan fingerprint density at radius 3 is 2.52 bits per heavy atom. The van der Waals surface area contributed by atoms with Crippen molar-refractivity contribution in [1.29, 1.82) is 0 Å². The van der Waals surface area contributed by atoms with E-state index in [1.54, 1.807) is 24.3 Å². The van der Waals surface area contributed by atoms with Crippen molar-refractivity contribution in [2.75, 3.05) is 11.1 Å². The molecule has 0 radical (unpaired) electrons. The molecular formula is C22H23N3O2. The quantitative estimate of drug-likeness (QED) is 0.650. The van der Waals surface area contributed by atoms with E-state index in [0.29, 0.717) is 17.0 Å². The molecule has 5 nitrogen and oxygen atoms in total. The number of nitrogens with two attached hydrogens (primary N) is 1. The van der Waals surface area contributed by atoms with Crippen molar-refractivity contribution in [1.82, 2.24) is 4.98 Å². The molecule has 2 aromatic carbocycles. The van der Waals surface area contributed by atoms with E-state index in [4.69, 9.17) is 10.5 Å². The third kappa shape index (κ3) is 4.64. The van der Waals surface area contributed by atoms with Crippen LogP contribution >= 0.6 is 0 Å². The van der Waals surface area contributed by atoms with Crippen molar-refractivity contribution in [3.63, 3.8) is 0 Å². The number of rotatable bonds is 6. The Kier molecular flexibility index (Phi) is 5.71. The summed E-state index contributed by atoms with van der Waals surface area (Å²) in [6.07, 6.45) is 2.03. The summed E-state index contributed by atoms with van der Waals surface area (Å²) >= 11 is 0. The van der Waals surface area contributed by atoms with Crippen molar-refractivity contribution in [3.8, 4) is 11.5 Å². The van der Waals surface area contributed by atoms with Gasteiger partial charge in [0.2, 0.25) is 0 Å². The normalized spacial score (nSPS) is 10.4. The number of carbonyl (C=O) groups is 1. The van der Waals surface area contributed by atoms with Gasteiger partial charge in [-0.05, 0) is 61.4 Å². The van der Waals surface area contributed by atoms with Gasteiger partial charge in [0.15, 0.2) is 0 Å². The molecule has 3 aromatic rings. The molecule has 0 aliphatic carbocycles. The van der Waals surface area contributed by atoms with E-state index in [-0.39, 0.29) is 11.7 Å². The summed E-state index contributed by atoms with van der Waals surface area (Å²) in [6.45, 7) is 3.97.